The quantitative estimate of drug-likeness (QED) is 0.895. The number of amides is 2. The average molecular weight is 369 g/mol. The molecule has 2 saturated heterocycles. The predicted molar refractivity (Wildman–Crippen MR) is 100 cm³/mol. The Balaban J connectivity index is 1.83. The molecule has 2 N–H and O–H groups in total. The first-order chi connectivity index (χ1) is 13.0. The fraction of sp³-hybridized carbons (Fsp3) is 0.429. The molecule has 5 rings (SSSR count). The van der Waals surface area contributed by atoms with E-state index in [4.69, 9.17) is 10.5 Å². The van der Waals surface area contributed by atoms with Crippen LogP contribution in [0.25, 0.3) is 11.1 Å². The summed E-state index contributed by atoms with van der Waals surface area (Å²) in [6, 6.07) is 7.37. The van der Waals surface area contributed by atoms with E-state index in [2.05, 4.69) is 17.1 Å². The normalized spacial score (nSPS) is 26.6. The third-order valence-electron chi connectivity index (χ3n) is 6.23. The van der Waals surface area contributed by atoms with Gasteiger partial charge in [0.1, 0.15) is 5.82 Å². The lowest BCUT2D eigenvalue weighted by molar-refractivity contribution is -0.164. The van der Waals surface area contributed by atoms with Gasteiger partial charge < -0.3 is 15.4 Å². The molecule has 27 heavy (non-hydrogen) atoms. The number of piperidine rings is 1. The molecule has 0 radical (unpaired) electrons. The van der Waals surface area contributed by atoms with Gasteiger partial charge in [-0.3, -0.25) is 4.98 Å². The lowest BCUT2D eigenvalue weighted by Gasteiger charge is -2.67. The molecule has 3 unspecified atom stereocenters. The molecule has 142 valence electrons. The zero-order valence-corrected chi connectivity index (χ0v) is 15.6. The van der Waals surface area contributed by atoms with Crippen molar-refractivity contribution in [3.05, 3.63) is 53.6 Å². The molecule has 3 fully saturated rings. The molecule has 2 bridgehead atoms. The van der Waals surface area contributed by atoms with Crippen LogP contribution in [0.15, 0.2) is 36.7 Å². The van der Waals surface area contributed by atoms with E-state index >= 15 is 0 Å². The van der Waals surface area contributed by atoms with E-state index in [0.717, 1.165) is 41.5 Å². The van der Waals surface area contributed by atoms with E-state index in [1.54, 1.807) is 13.3 Å². The molecule has 5 nitrogen and oxygen atoms in total. The lowest BCUT2D eigenvalue weighted by Crippen LogP contribution is -2.76. The van der Waals surface area contributed by atoms with Crippen LogP contribution in [0.3, 0.4) is 0 Å². The molecule has 3 heterocycles. The summed E-state index contributed by atoms with van der Waals surface area (Å²) in [6.45, 7) is 2.57. The van der Waals surface area contributed by atoms with Gasteiger partial charge in [0.25, 0.3) is 0 Å². The number of primary amides is 1. The number of hydrogen-bond acceptors (Lipinski definition) is 3. The van der Waals surface area contributed by atoms with Crippen molar-refractivity contribution in [3.8, 4) is 11.1 Å². The SMILES string of the molecule is COCC1C2CCCC1(c1ccc(C)c(-c3cncc(F)c3)c1)N2C(N)=O. The number of fused-ring (bicyclic) bond motifs is 2. The molecule has 2 amide bonds. The molecule has 1 aliphatic carbocycles. The number of methoxy groups -OCH3 is 1. The van der Waals surface area contributed by atoms with Crippen molar-refractivity contribution in [2.75, 3.05) is 13.7 Å². The van der Waals surface area contributed by atoms with E-state index in [9.17, 15) is 9.18 Å². The highest BCUT2D eigenvalue weighted by Gasteiger charge is 2.64. The summed E-state index contributed by atoms with van der Waals surface area (Å²) in [5.41, 5.74) is 9.01. The lowest BCUT2D eigenvalue weighted by atomic mass is 9.57. The maximum absolute atomic E-state index is 13.7. The smallest absolute Gasteiger partial charge is 0.315 e. The monoisotopic (exact) mass is 369 g/mol. The van der Waals surface area contributed by atoms with Gasteiger partial charge in [-0.15, -0.1) is 0 Å². The van der Waals surface area contributed by atoms with Crippen LogP contribution < -0.4 is 5.73 Å². The Morgan fingerprint density at radius 3 is 2.93 bits per heavy atom. The molecule has 6 heteroatoms. The van der Waals surface area contributed by atoms with Crippen LogP contribution >= 0.6 is 0 Å². The molecular formula is C21H24FN3O2. The van der Waals surface area contributed by atoms with Crippen molar-refractivity contribution in [1.82, 2.24) is 9.88 Å². The Morgan fingerprint density at radius 1 is 1.41 bits per heavy atom. The van der Waals surface area contributed by atoms with Crippen LogP contribution in [0.2, 0.25) is 0 Å². The predicted octanol–water partition coefficient (Wildman–Crippen LogP) is 3.60. The Hall–Kier alpha value is -2.47. The number of nitrogens with two attached hydrogens (primary N) is 1. The molecule has 1 saturated carbocycles. The number of carbonyl (C=O) groups is 1. The summed E-state index contributed by atoms with van der Waals surface area (Å²) in [6.07, 6.45) is 5.70. The van der Waals surface area contributed by atoms with E-state index in [-0.39, 0.29) is 23.8 Å². The first kappa shape index (κ1) is 17.9. The van der Waals surface area contributed by atoms with Crippen molar-refractivity contribution in [2.24, 2.45) is 11.7 Å². The zero-order chi connectivity index (χ0) is 19.2. The van der Waals surface area contributed by atoms with Crippen LogP contribution in [-0.2, 0) is 10.3 Å². The van der Waals surface area contributed by atoms with Gasteiger partial charge in [0.05, 0.1) is 18.3 Å². The molecule has 0 spiro atoms. The number of pyridine rings is 1. The van der Waals surface area contributed by atoms with Gasteiger partial charge >= 0.3 is 6.03 Å². The second-order valence-corrected chi connectivity index (χ2v) is 7.58. The largest absolute Gasteiger partial charge is 0.384 e. The summed E-state index contributed by atoms with van der Waals surface area (Å²) in [5.74, 6) is -0.155. The summed E-state index contributed by atoms with van der Waals surface area (Å²) in [4.78, 5) is 18.0. The molecular weight excluding hydrogens is 345 g/mol. The summed E-state index contributed by atoms with van der Waals surface area (Å²) >= 11 is 0. The molecule has 3 atom stereocenters. The first-order valence-corrected chi connectivity index (χ1v) is 9.29. The number of urea groups is 1. The van der Waals surface area contributed by atoms with Gasteiger partial charge in [-0.2, -0.15) is 0 Å². The Labute approximate surface area is 158 Å². The number of aryl methyl sites for hydroxylation is 1. The maximum atomic E-state index is 13.7. The number of ether oxygens (including phenoxy) is 1. The van der Waals surface area contributed by atoms with Gasteiger partial charge in [0.15, 0.2) is 0 Å². The second kappa shape index (κ2) is 6.60. The summed E-state index contributed by atoms with van der Waals surface area (Å²) in [5, 5.41) is 0. The van der Waals surface area contributed by atoms with Gasteiger partial charge in [-0.05, 0) is 55.0 Å². The topological polar surface area (TPSA) is 68.4 Å². The Bertz CT molecular complexity index is 887. The van der Waals surface area contributed by atoms with E-state index < -0.39 is 5.54 Å². The Kier molecular flexibility index (Phi) is 4.38. The minimum Gasteiger partial charge on any atom is -0.384 e. The van der Waals surface area contributed by atoms with Crippen molar-refractivity contribution < 1.29 is 13.9 Å². The molecule has 1 aromatic carbocycles. The molecule has 2 aromatic rings. The van der Waals surface area contributed by atoms with Gasteiger partial charge in [-0.25, -0.2) is 9.18 Å². The fourth-order valence-corrected chi connectivity index (χ4v) is 5.15. The number of aromatic nitrogens is 1. The maximum Gasteiger partial charge on any atom is 0.315 e. The highest BCUT2D eigenvalue weighted by Crippen LogP contribution is 2.58. The van der Waals surface area contributed by atoms with E-state index in [0.29, 0.717) is 6.61 Å². The van der Waals surface area contributed by atoms with Crippen molar-refractivity contribution in [3.63, 3.8) is 0 Å². The van der Waals surface area contributed by atoms with E-state index in [1.807, 2.05) is 17.9 Å². The third-order valence-corrected chi connectivity index (χ3v) is 6.23. The number of carbonyl (C=O) groups excluding carboxylic acids is 1. The van der Waals surface area contributed by atoms with Gasteiger partial charge in [0.2, 0.25) is 0 Å². The van der Waals surface area contributed by atoms with Crippen LogP contribution in [0.1, 0.15) is 30.4 Å². The Morgan fingerprint density at radius 2 is 2.22 bits per heavy atom. The molecule has 2 aliphatic heterocycles. The van der Waals surface area contributed by atoms with Gasteiger partial charge in [-0.1, -0.05) is 12.1 Å². The number of hydrogen-bond donors (Lipinski definition) is 1. The minimum atomic E-state index is -0.450. The summed E-state index contributed by atoms with van der Waals surface area (Å²) < 4.78 is 19.2. The van der Waals surface area contributed by atoms with Crippen molar-refractivity contribution in [1.29, 1.82) is 0 Å². The van der Waals surface area contributed by atoms with Crippen LogP contribution in [0.5, 0.6) is 0 Å². The van der Waals surface area contributed by atoms with Crippen LogP contribution in [0, 0.1) is 18.7 Å². The van der Waals surface area contributed by atoms with Gasteiger partial charge in [0, 0.05) is 30.8 Å². The third kappa shape index (κ3) is 2.62. The second-order valence-electron chi connectivity index (χ2n) is 7.58. The standard InChI is InChI=1S/C21H24FN3O2/c1-13-5-6-15(9-17(13)14-8-16(22)11-24-10-14)21-7-3-4-19(18(21)12-27-2)25(21)20(23)26/h5-6,8-11,18-19H,3-4,7,12H2,1-2H3,(H2,23,26). The number of halogens is 1. The fourth-order valence-electron chi connectivity index (χ4n) is 5.15. The van der Waals surface area contributed by atoms with Crippen LogP contribution in [0.4, 0.5) is 9.18 Å². The number of rotatable bonds is 4. The minimum absolute atomic E-state index is 0.122. The van der Waals surface area contributed by atoms with Crippen molar-refractivity contribution in [2.45, 2.75) is 37.8 Å². The molecule has 1 aromatic heterocycles. The van der Waals surface area contributed by atoms with Crippen LogP contribution in [-0.4, -0.2) is 35.7 Å². The highest BCUT2D eigenvalue weighted by molar-refractivity contribution is 5.76. The highest BCUT2D eigenvalue weighted by atomic mass is 19.1. The van der Waals surface area contributed by atoms with Crippen molar-refractivity contribution >= 4 is 6.03 Å². The molecule has 3 aliphatic rings. The first-order valence-electron chi connectivity index (χ1n) is 9.29. The van der Waals surface area contributed by atoms with E-state index in [1.165, 1.54) is 12.3 Å². The average Bonchev–Trinajstić information content (AvgIpc) is 2.65. The number of benzene rings is 1. The zero-order valence-electron chi connectivity index (χ0n) is 15.6. The summed E-state index contributed by atoms with van der Waals surface area (Å²) in [7, 11) is 1.69. The number of nitrogens with zero attached hydrogens (tertiary/aromatic N) is 2.